The molecular formula is C40H40Cl4N2O3. The van der Waals surface area contributed by atoms with E-state index in [1.54, 1.807) is 36.4 Å². The van der Waals surface area contributed by atoms with E-state index in [9.17, 15) is 9.59 Å². The first-order valence-electron chi connectivity index (χ1n) is 15.9. The van der Waals surface area contributed by atoms with Crippen molar-refractivity contribution >= 4 is 79.4 Å². The maximum Gasteiger partial charge on any atom is 0.205 e. The average Bonchev–Trinajstić information content (AvgIpc) is 3.10. The zero-order valence-electron chi connectivity index (χ0n) is 29.0. The first-order chi connectivity index (χ1) is 23.2. The molecule has 5 nitrogen and oxygen atoms in total. The molecule has 9 heteroatoms. The first-order valence-corrected chi connectivity index (χ1v) is 17.4. The highest BCUT2D eigenvalue weighted by atomic mass is 35.5. The Bertz CT molecular complexity index is 1840. The van der Waals surface area contributed by atoms with Crippen molar-refractivity contribution in [2.75, 3.05) is 38.0 Å². The van der Waals surface area contributed by atoms with E-state index in [1.807, 2.05) is 102 Å². The maximum atomic E-state index is 13.4. The summed E-state index contributed by atoms with van der Waals surface area (Å²) >= 11 is 26.5. The van der Waals surface area contributed by atoms with Crippen LogP contribution in [0.2, 0.25) is 0 Å². The second-order valence-corrected chi connectivity index (χ2v) is 13.7. The zero-order valence-corrected chi connectivity index (χ0v) is 32.0. The lowest BCUT2D eigenvalue weighted by Gasteiger charge is -2.17. The Morgan fingerprint density at radius 2 is 0.939 bits per heavy atom. The van der Waals surface area contributed by atoms with Gasteiger partial charge in [0.1, 0.15) is 21.6 Å². The number of carbonyl (C=O) groups excluding carboxylic acids is 2. The third kappa shape index (κ3) is 8.53. The SMILES string of the molecule is CCc1cc(N(C)C)ccc1/C(Cl)=C(\Cl)C(=O)c1ccc(Oc2ccc(C(=O)/C(Cl)=C(\Cl)c3ccc(N(C)C)cc3CC)cc2C)c(C)c1. The fourth-order valence-electron chi connectivity index (χ4n) is 5.35. The van der Waals surface area contributed by atoms with Gasteiger partial charge in [0.25, 0.3) is 0 Å². The molecule has 0 saturated heterocycles. The molecule has 0 spiro atoms. The Labute approximate surface area is 309 Å². The van der Waals surface area contributed by atoms with Crippen LogP contribution in [0.1, 0.15) is 67.9 Å². The Balaban J connectivity index is 1.55. The van der Waals surface area contributed by atoms with Gasteiger partial charge in [0.2, 0.25) is 11.6 Å². The molecule has 0 aliphatic rings. The van der Waals surface area contributed by atoms with Crippen molar-refractivity contribution in [3.8, 4) is 11.5 Å². The average molecular weight is 739 g/mol. The number of ether oxygens (including phenoxy) is 1. The number of ketones is 2. The molecule has 4 aromatic rings. The lowest BCUT2D eigenvalue weighted by molar-refractivity contribution is 0.103. The lowest BCUT2D eigenvalue weighted by Crippen LogP contribution is -2.09. The van der Waals surface area contributed by atoms with Gasteiger partial charge in [-0.05, 0) is 121 Å². The molecule has 0 amide bonds. The van der Waals surface area contributed by atoms with E-state index in [0.717, 1.165) is 57.6 Å². The van der Waals surface area contributed by atoms with Gasteiger partial charge in [0, 0.05) is 50.7 Å². The Morgan fingerprint density at radius 1 is 0.571 bits per heavy atom. The van der Waals surface area contributed by atoms with Gasteiger partial charge in [-0.2, -0.15) is 0 Å². The van der Waals surface area contributed by atoms with E-state index in [4.69, 9.17) is 51.1 Å². The normalized spacial score (nSPS) is 12.2. The number of anilines is 2. The van der Waals surface area contributed by atoms with Crippen LogP contribution in [0.15, 0.2) is 82.9 Å². The van der Waals surface area contributed by atoms with E-state index in [1.165, 1.54) is 0 Å². The van der Waals surface area contributed by atoms with Crippen LogP contribution in [0.5, 0.6) is 11.5 Å². The zero-order chi connectivity index (χ0) is 36.2. The molecule has 4 aromatic carbocycles. The van der Waals surface area contributed by atoms with Crippen molar-refractivity contribution in [2.45, 2.75) is 40.5 Å². The summed E-state index contributed by atoms with van der Waals surface area (Å²) in [6.45, 7) is 7.75. The van der Waals surface area contributed by atoms with Crippen molar-refractivity contribution in [3.05, 3.63) is 127 Å². The van der Waals surface area contributed by atoms with Gasteiger partial charge in [-0.15, -0.1) is 0 Å². The fourth-order valence-corrected chi connectivity index (χ4v) is 6.31. The predicted molar refractivity (Wildman–Crippen MR) is 209 cm³/mol. The molecule has 49 heavy (non-hydrogen) atoms. The van der Waals surface area contributed by atoms with Crippen LogP contribution in [0.4, 0.5) is 11.4 Å². The monoisotopic (exact) mass is 736 g/mol. The number of aryl methyl sites for hydroxylation is 4. The van der Waals surface area contributed by atoms with Gasteiger partial charge >= 0.3 is 0 Å². The number of halogens is 4. The molecule has 0 radical (unpaired) electrons. The number of Topliss-reactive ketones (excluding diaryl/α,β-unsaturated/α-hetero) is 2. The van der Waals surface area contributed by atoms with Crippen molar-refractivity contribution in [1.82, 2.24) is 0 Å². The molecule has 0 bridgehead atoms. The third-order valence-corrected chi connectivity index (χ3v) is 10.0. The number of hydrogen-bond acceptors (Lipinski definition) is 5. The fraction of sp³-hybridized carbons (Fsp3) is 0.250. The van der Waals surface area contributed by atoms with Crippen LogP contribution in [-0.4, -0.2) is 39.8 Å². The minimum Gasteiger partial charge on any atom is -0.457 e. The number of allylic oxidation sites excluding steroid dienone is 2. The number of nitrogens with zero attached hydrogens (tertiary/aromatic N) is 2. The number of hydrogen-bond donors (Lipinski definition) is 0. The van der Waals surface area contributed by atoms with Gasteiger partial charge < -0.3 is 14.5 Å². The first kappa shape index (κ1) is 38.1. The number of benzene rings is 4. The summed E-state index contributed by atoms with van der Waals surface area (Å²) < 4.78 is 6.21. The number of rotatable bonds is 12. The van der Waals surface area contributed by atoms with Crippen LogP contribution < -0.4 is 14.5 Å². The molecule has 0 saturated carbocycles. The van der Waals surface area contributed by atoms with Gasteiger partial charge in [-0.1, -0.05) is 72.4 Å². The highest BCUT2D eigenvalue weighted by molar-refractivity contribution is 6.61. The quantitative estimate of drug-likeness (QED) is 0.107. The predicted octanol–water partition coefficient (Wildman–Crippen LogP) is 11.4. The molecule has 0 N–H and O–H groups in total. The van der Waals surface area contributed by atoms with Gasteiger partial charge in [0.15, 0.2) is 0 Å². The van der Waals surface area contributed by atoms with Crippen molar-refractivity contribution < 1.29 is 14.3 Å². The summed E-state index contributed by atoms with van der Waals surface area (Å²) in [6, 6.07) is 21.9. The van der Waals surface area contributed by atoms with Crippen LogP contribution >= 0.6 is 46.4 Å². The Morgan fingerprint density at radius 3 is 1.24 bits per heavy atom. The Kier molecular flexibility index (Phi) is 12.7. The van der Waals surface area contributed by atoms with Crippen molar-refractivity contribution in [1.29, 1.82) is 0 Å². The molecule has 0 atom stereocenters. The summed E-state index contributed by atoms with van der Waals surface area (Å²) in [5.74, 6) is 0.322. The summed E-state index contributed by atoms with van der Waals surface area (Å²) in [7, 11) is 7.87. The van der Waals surface area contributed by atoms with Crippen molar-refractivity contribution in [3.63, 3.8) is 0 Å². The molecule has 0 heterocycles. The minimum atomic E-state index is -0.387. The van der Waals surface area contributed by atoms with E-state index in [0.29, 0.717) is 22.6 Å². The van der Waals surface area contributed by atoms with Crippen molar-refractivity contribution in [2.24, 2.45) is 0 Å². The molecule has 4 rings (SSSR count). The second-order valence-electron chi connectivity index (χ2n) is 12.2. The highest BCUT2D eigenvalue weighted by Crippen LogP contribution is 2.36. The van der Waals surface area contributed by atoms with Crippen LogP contribution in [0, 0.1) is 13.8 Å². The largest absolute Gasteiger partial charge is 0.457 e. The molecule has 0 aliphatic carbocycles. The minimum absolute atomic E-state index is 0.0533. The standard InChI is InChI=1S/C40H40Cl4N2O3/c1-9-25-21-29(45(5)6)13-15-31(25)35(41)37(43)39(47)27-11-17-33(23(3)19-27)49-34-18-12-28(20-24(34)4)40(48)38(44)36(42)32-16-14-30(46(7)8)22-26(32)10-2/h11-22H,9-10H2,1-8H3/b37-35+,38-36+. The topological polar surface area (TPSA) is 49.9 Å². The summed E-state index contributed by atoms with van der Waals surface area (Å²) in [4.78, 5) is 30.8. The second kappa shape index (κ2) is 16.3. The molecule has 0 fully saturated rings. The van der Waals surface area contributed by atoms with Gasteiger partial charge in [0.05, 0.1) is 10.1 Å². The Hall–Kier alpha value is -3.74. The van der Waals surface area contributed by atoms with E-state index in [2.05, 4.69) is 0 Å². The number of carbonyl (C=O) groups is 2. The molecular weight excluding hydrogens is 698 g/mol. The van der Waals surface area contributed by atoms with E-state index in [-0.39, 0.29) is 31.7 Å². The van der Waals surface area contributed by atoms with E-state index < -0.39 is 0 Å². The van der Waals surface area contributed by atoms with Crippen LogP contribution in [0.25, 0.3) is 10.1 Å². The lowest BCUT2D eigenvalue weighted by atomic mass is 10.0. The van der Waals surface area contributed by atoms with Crippen LogP contribution in [0.3, 0.4) is 0 Å². The van der Waals surface area contributed by atoms with Gasteiger partial charge in [-0.3, -0.25) is 9.59 Å². The molecule has 256 valence electrons. The third-order valence-electron chi connectivity index (χ3n) is 8.32. The molecule has 0 aliphatic heterocycles. The summed E-state index contributed by atoms with van der Waals surface area (Å²) in [5.41, 5.74) is 7.72. The van der Waals surface area contributed by atoms with Crippen LogP contribution in [-0.2, 0) is 12.8 Å². The maximum absolute atomic E-state index is 13.4. The van der Waals surface area contributed by atoms with Gasteiger partial charge in [-0.25, -0.2) is 0 Å². The summed E-state index contributed by atoms with van der Waals surface area (Å²) in [5, 5.41) is 0.313. The molecule has 0 aromatic heterocycles. The highest BCUT2D eigenvalue weighted by Gasteiger charge is 2.21. The summed E-state index contributed by atoms with van der Waals surface area (Å²) in [6.07, 6.45) is 1.46. The van der Waals surface area contributed by atoms with E-state index >= 15 is 0 Å². The molecule has 0 unspecified atom stereocenters. The smallest absolute Gasteiger partial charge is 0.205 e.